The molecule has 0 aromatic carbocycles. The Balaban J connectivity index is 2.54. The summed E-state index contributed by atoms with van der Waals surface area (Å²) in [5, 5.41) is 13.2. The summed E-state index contributed by atoms with van der Waals surface area (Å²) in [4.78, 5) is 29.3. The number of hydrogen-bond acceptors (Lipinski definition) is 8. The lowest BCUT2D eigenvalue weighted by Gasteiger charge is -2.05. The van der Waals surface area contributed by atoms with E-state index in [4.69, 9.17) is 4.74 Å². The van der Waals surface area contributed by atoms with Gasteiger partial charge in [-0.1, -0.05) is 0 Å². The Hall–Kier alpha value is -2.93. The molecule has 0 unspecified atom stereocenters. The number of ether oxygens (including phenoxy) is 1. The van der Waals surface area contributed by atoms with Crippen molar-refractivity contribution in [3.8, 4) is 11.4 Å². The first kappa shape index (κ1) is 12.5. The van der Waals surface area contributed by atoms with E-state index in [-0.39, 0.29) is 29.4 Å². The Kier molecular flexibility index (Phi) is 3.70. The number of pyridine rings is 1. The molecule has 2 aromatic heterocycles. The molecule has 0 radical (unpaired) electrons. The van der Waals surface area contributed by atoms with Gasteiger partial charge in [0.05, 0.1) is 24.1 Å². The number of carbonyl (C=O) groups is 1. The van der Waals surface area contributed by atoms with E-state index in [1.54, 1.807) is 6.92 Å². The third-order valence-electron chi connectivity index (χ3n) is 2.10. The maximum Gasteiger partial charge on any atom is 0.357 e. The molecular formula is C10H8N6O3. The summed E-state index contributed by atoms with van der Waals surface area (Å²) in [7, 11) is 0. The topological polar surface area (TPSA) is 123 Å². The summed E-state index contributed by atoms with van der Waals surface area (Å²) in [5.41, 5.74) is 0.514. The number of aromatic amines is 1. The fraction of sp³-hybridized carbons (Fsp3) is 0.200. The Morgan fingerprint density at radius 1 is 1.58 bits per heavy atom. The van der Waals surface area contributed by atoms with Gasteiger partial charge in [-0.25, -0.2) is 14.6 Å². The smallest absolute Gasteiger partial charge is 0.357 e. The van der Waals surface area contributed by atoms with Crippen LogP contribution in [0.4, 0.5) is 5.69 Å². The monoisotopic (exact) mass is 260 g/mol. The van der Waals surface area contributed by atoms with Gasteiger partial charge in [0, 0.05) is 0 Å². The van der Waals surface area contributed by atoms with E-state index in [1.165, 1.54) is 18.3 Å². The lowest BCUT2D eigenvalue weighted by Crippen LogP contribution is -2.09. The van der Waals surface area contributed by atoms with Crippen molar-refractivity contribution in [2.24, 2.45) is 4.99 Å². The van der Waals surface area contributed by atoms with Gasteiger partial charge >= 0.3 is 5.97 Å². The van der Waals surface area contributed by atoms with Crippen LogP contribution in [0.2, 0.25) is 0 Å². The van der Waals surface area contributed by atoms with E-state index < -0.39 is 5.97 Å². The summed E-state index contributed by atoms with van der Waals surface area (Å²) in [6.07, 6.45) is 2.64. The number of carbonyl (C=O) groups excluding carboxylic acids is 2. The molecule has 2 rings (SSSR count). The highest BCUT2D eigenvalue weighted by molar-refractivity contribution is 5.94. The first-order valence-electron chi connectivity index (χ1n) is 5.25. The van der Waals surface area contributed by atoms with Crippen LogP contribution in [0.1, 0.15) is 17.4 Å². The van der Waals surface area contributed by atoms with E-state index >= 15 is 0 Å². The maximum absolute atomic E-state index is 11.8. The molecular weight excluding hydrogens is 252 g/mol. The van der Waals surface area contributed by atoms with Crippen molar-refractivity contribution < 1.29 is 14.3 Å². The van der Waals surface area contributed by atoms with Crippen molar-refractivity contribution in [2.45, 2.75) is 6.92 Å². The fourth-order valence-electron chi connectivity index (χ4n) is 1.38. The zero-order valence-corrected chi connectivity index (χ0v) is 9.82. The number of rotatable bonds is 4. The molecule has 0 spiro atoms. The minimum atomic E-state index is -0.621. The van der Waals surface area contributed by atoms with Crippen molar-refractivity contribution in [3.05, 3.63) is 18.0 Å². The van der Waals surface area contributed by atoms with Gasteiger partial charge in [-0.2, -0.15) is 10.2 Å². The van der Waals surface area contributed by atoms with Crippen LogP contribution in [-0.2, 0) is 9.53 Å². The average Bonchev–Trinajstić information content (AvgIpc) is 2.93. The lowest BCUT2D eigenvalue weighted by molar-refractivity contribution is 0.0520. The molecule has 0 saturated carbocycles. The van der Waals surface area contributed by atoms with E-state index in [9.17, 15) is 9.59 Å². The number of aromatic nitrogens is 5. The first-order valence-corrected chi connectivity index (χ1v) is 5.25. The number of isocyanates is 1. The van der Waals surface area contributed by atoms with Crippen molar-refractivity contribution in [1.82, 2.24) is 25.6 Å². The zero-order valence-electron chi connectivity index (χ0n) is 9.82. The molecule has 0 aliphatic heterocycles. The van der Waals surface area contributed by atoms with Crippen LogP contribution in [0.15, 0.2) is 17.3 Å². The molecule has 19 heavy (non-hydrogen) atoms. The quantitative estimate of drug-likeness (QED) is 0.479. The summed E-state index contributed by atoms with van der Waals surface area (Å²) >= 11 is 0. The second kappa shape index (κ2) is 5.61. The molecule has 0 atom stereocenters. The van der Waals surface area contributed by atoms with Gasteiger partial charge < -0.3 is 4.74 Å². The molecule has 9 heteroatoms. The minimum Gasteiger partial charge on any atom is -0.461 e. The third kappa shape index (κ3) is 2.67. The number of nitrogens with one attached hydrogen (secondary N) is 1. The maximum atomic E-state index is 11.8. The van der Waals surface area contributed by atoms with Crippen LogP contribution in [0.3, 0.4) is 0 Å². The average molecular weight is 260 g/mol. The van der Waals surface area contributed by atoms with E-state index in [2.05, 4.69) is 30.6 Å². The van der Waals surface area contributed by atoms with Crippen LogP contribution in [-0.4, -0.2) is 44.3 Å². The Morgan fingerprint density at radius 2 is 2.42 bits per heavy atom. The standard InChI is InChI=1S/C10H8N6O3/c1-2-19-10(18)8-7(9-13-15-16-14-9)3-6(4-11-8)12-5-17/h3-4H,2H2,1H3,(H,13,14,15,16). The van der Waals surface area contributed by atoms with Gasteiger partial charge in [0.25, 0.3) is 0 Å². The highest BCUT2D eigenvalue weighted by Crippen LogP contribution is 2.23. The Bertz CT molecular complexity index is 633. The molecule has 1 N–H and O–H groups in total. The zero-order chi connectivity index (χ0) is 13.7. The summed E-state index contributed by atoms with van der Waals surface area (Å²) in [5.74, 6) is -0.470. The molecule has 0 bridgehead atoms. The molecule has 96 valence electrons. The number of hydrogen-bond donors (Lipinski definition) is 1. The van der Waals surface area contributed by atoms with Gasteiger partial charge in [0.15, 0.2) is 5.69 Å². The van der Waals surface area contributed by atoms with E-state index in [0.717, 1.165) is 0 Å². The molecule has 9 nitrogen and oxygen atoms in total. The van der Waals surface area contributed by atoms with Gasteiger partial charge in [-0.15, -0.1) is 10.2 Å². The second-order valence-corrected chi connectivity index (χ2v) is 3.25. The number of H-pyrrole nitrogens is 1. The number of esters is 1. The molecule has 0 fully saturated rings. The fourth-order valence-corrected chi connectivity index (χ4v) is 1.38. The SMILES string of the molecule is CCOC(=O)c1ncc(N=C=O)cc1-c1nn[nH]n1. The summed E-state index contributed by atoms with van der Waals surface area (Å²) in [6, 6.07) is 1.43. The van der Waals surface area contributed by atoms with Crippen LogP contribution >= 0.6 is 0 Å². The molecule has 2 heterocycles. The highest BCUT2D eigenvalue weighted by Gasteiger charge is 2.19. The second-order valence-electron chi connectivity index (χ2n) is 3.25. The number of aliphatic imine (C=N–C) groups is 1. The molecule has 0 aliphatic carbocycles. The van der Waals surface area contributed by atoms with Gasteiger partial charge in [-0.05, 0) is 18.2 Å². The van der Waals surface area contributed by atoms with Crippen LogP contribution in [0.25, 0.3) is 11.4 Å². The van der Waals surface area contributed by atoms with Gasteiger partial charge in [0.2, 0.25) is 11.9 Å². The molecule has 0 amide bonds. The summed E-state index contributed by atoms with van der Waals surface area (Å²) in [6.45, 7) is 1.89. The van der Waals surface area contributed by atoms with Crippen LogP contribution in [0.5, 0.6) is 0 Å². The Morgan fingerprint density at radius 3 is 3.05 bits per heavy atom. The van der Waals surface area contributed by atoms with Crippen molar-refractivity contribution in [1.29, 1.82) is 0 Å². The van der Waals surface area contributed by atoms with E-state index in [1.807, 2.05) is 0 Å². The van der Waals surface area contributed by atoms with Crippen LogP contribution in [0, 0.1) is 0 Å². The normalized spacial score (nSPS) is 9.74. The summed E-state index contributed by atoms with van der Waals surface area (Å²) < 4.78 is 4.87. The first-order chi connectivity index (χ1) is 9.26. The predicted octanol–water partition coefficient (Wildman–Crippen LogP) is 0.406. The number of tetrazole rings is 1. The predicted molar refractivity (Wildman–Crippen MR) is 61.1 cm³/mol. The minimum absolute atomic E-state index is 0.0214. The lowest BCUT2D eigenvalue weighted by atomic mass is 10.1. The van der Waals surface area contributed by atoms with Crippen LogP contribution < -0.4 is 0 Å². The third-order valence-corrected chi connectivity index (χ3v) is 2.10. The van der Waals surface area contributed by atoms with Crippen molar-refractivity contribution in [3.63, 3.8) is 0 Å². The number of nitrogens with zero attached hydrogens (tertiary/aromatic N) is 5. The Labute approximate surface area is 106 Å². The molecule has 2 aromatic rings. The van der Waals surface area contributed by atoms with Crippen molar-refractivity contribution in [2.75, 3.05) is 6.61 Å². The van der Waals surface area contributed by atoms with Gasteiger partial charge in [0.1, 0.15) is 0 Å². The highest BCUT2D eigenvalue weighted by atomic mass is 16.5. The van der Waals surface area contributed by atoms with E-state index in [0.29, 0.717) is 0 Å². The largest absolute Gasteiger partial charge is 0.461 e. The van der Waals surface area contributed by atoms with Crippen molar-refractivity contribution >= 4 is 17.7 Å². The van der Waals surface area contributed by atoms with Gasteiger partial charge in [-0.3, -0.25) is 0 Å². The molecule has 0 saturated heterocycles. The molecule has 0 aliphatic rings.